The number of nitrogens with zero attached hydrogens (tertiary/aromatic N) is 1. The van der Waals surface area contributed by atoms with Crippen molar-refractivity contribution in [2.45, 2.75) is 45.2 Å². The van der Waals surface area contributed by atoms with Gasteiger partial charge >= 0.3 is 12.0 Å². The van der Waals surface area contributed by atoms with E-state index in [1.165, 1.54) is 0 Å². The van der Waals surface area contributed by atoms with Crippen molar-refractivity contribution in [1.82, 2.24) is 10.2 Å². The van der Waals surface area contributed by atoms with Crippen molar-refractivity contribution in [2.75, 3.05) is 20.8 Å². The highest BCUT2D eigenvalue weighted by Crippen LogP contribution is 2.12. The minimum Gasteiger partial charge on any atom is -0.481 e. The summed E-state index contributed by atoms with van der Waals surface area (Å²) in [6.07, 6.45) is 0.422. The van der Waals surface area contributed by atoms with Crippen molar-refractivity contribution >= 4 is 12.0 Å². The van der Waals surface area contributed by atoms with Crippen molar-refractivity contribution < 1.29 is 19.4 Å². The normalized spacial score (nSPS) is 12.9. The lowest BCUT2D eigenvalue weighted by Gasteiger charge is -2.31. The Labute approximate surface area is 108 Å². The third-order valence-corrected chi connectivity index (χ3v) is 2.80. The molecule has 0 spiro atoms. The first-order chi connectivity index (χ1) is 8.19. The van der Waals surface area contributed by atoms with Crippen molar-refractivity contribution in [3.8, 4) is 0 Å². The van der Waals surface area contributed by atoms with Gasteiger partial charge in [-0.3, -0.25) is 4.79 Å². The molecule has 2 N–H and O–H groups in total. The van der Waals surface area contributed by atoms with Gasteiger partial charge < -0.3 is 20.1 Å². The number of hydrogen-bond donors (Lipinski definition) is 2. The third kappa shape index (κ3) is 6.44. The summed E-state index contributed by atoms with van der Waals surface area (Å²) in [5.41, 5.74) is -0.545. The molecule has 0 rings (SSSR count). The van der Waals surface area contributed by atoms with Crippen LogP contribution in [-0.4, -0.2) is 54.4 Å². The maximum atomic E-state index is 11.9. The van der Waals surface area contributed by atoms with E-state index in [1.54, 1.807) is 19.1 Å². The predicted molar refractivity (Wildman–Crippen MR) is 68.6 cm³/mol. The quantitative estimate of drug-likeness (QED) is 0.723. The van der Waals surface area contributed by atoms with Gasteiger partial charge in [0.1, 0.15) is 0 Å². The molecule has 1 unspecified atom stereocenters. The highest BCUT2D eigenvalue weighted by Gasteiger charge is 2.24. The Hall–Kier alpha value is -1.30. The van der Waals surface area contributed by atoms with Gasteiger partial charge in [-0.05, 0) is 27.2 Å². The van der Waals surface area contributed by atoms with Crippen molar-refractivity contribution in [3.05, 3.63) is 0 Å². The maximum Gasteiger partial charge on any atom is 0.317 e. The molecule has 2 amide bonds. The van der Waals surface area contributed by atoms with E-state index in [1.807, 2.05) is 20.8 Å². The molecule has 18 heavy (non-hydrogen) atoms. The molecule has 0 aliphatic heterocycles. The van der Waals surface area contributed by atoms with Gasteiger partial charge in [0.25, 0.3) is 0 Å². The molecule has 0 saturated carbocycles. The molecule has 6 nitrogen and oxygen atoms in total. The molecule has 106 valence electrons. The maximum absolute atomic E-state index is 11.9. The van der Waals surface area contributed by atoms with E-state index >= 15 is 0 Å². The number of carboxylic acids is 1. The highest BCUT2D eigenvalue weighted by atomic mass is 16.5. The number of aliphatic carboxylic acids is 1. The molecule has 0 aromatic rings. The minimum atomic E-state index is -0.863. The van der Waals surface area contributed by atoms with E-state index < -0.39 is 11.5 Å². The minimum absolute atomic E-state index is 0.0324. The second kappa shape index (κ2) is 7.20. The van der Waals surface area contributed by atoms with E-state index in [2.05, 4.69) is 5.32 Å². The standard InChI is InChI=1S/C12H24N2O4/c1-9(8-18-5)14(4)11(17)13-12(2,3)7-6-10(15)16/h9H,6-8H2,1-5H3,(H,13,17)(H,15,16). The lowest BCUT2D eigenvalue weighted by Crippen LogP contribution is -2.52. The number of rotatable bonds is 7. The van der Waals surface area contributed by atoms with Gasteiger partial charge in [0.15, 0.2) is 0 Å². The number of methoxy groups -OCH3 is 1. The number of carbonyl (C=O) groups is 2. The SMILES string of the molecule is COCC(C)N(C)C(=O)NC(C)(C)CCC(=O)O. The topological polar surface area (TPSA) is 78.9 Å². The second-order valence-electron chi connectivity index (χ2n) is 5.12. The number of amides is 2. The van der Waals surface area contributed by atoms with Crippen LogP contribution in [0.5, 0.6) is 0 Å². The zero-order valence-corrected chi connectivity index (χ0v) is 11.8. The van der Waals surface area contributed by atoms with Crippen molar-refractivity contribution in [3.63, 3.8) is 0 Å². The van der Waals surface area contributed by atoms with Gasteiger partial charge in [0.2, 0.25) is 0 Å². The van der Waals surface area contributed by atoms with E-state index in [0.29, 0.717) is 13.0 Å². The predicted octanol–water partition coefficient (Wildman–Crippen LogP) is 1.31. The molecule has 0 bridgehead atoms. The molecule has 0 radical (unpaired) electrons. The summed E-state index contributed by atoms with van der Waals surface area (Å²) >= 11 is 0. The molecule has 0 aliphatic carbocycles. The fourth-order valence-electron chi connectivity index (χ4n) is 1.41. The summed E-state index contributed by atoms with van der Waals surface area (Å²) in [6.45, 7) is 5.96. The average molecular weight is 260 g/mol. The Balaban J connectivity index is 4.31. The first-order valence-electron chi connectivity index (χ1n) is 5.95. The van der Waals surface area contributed by atoms with Crippen LogP contribution in [0.2, 0.25) is 0 Å². The van der Waals surface area contributed by atoms with Crippen LogP contribution in [0.4, 0.5) is 4.79 Å². The van der Waals surface area contributed by atoms with Crippen LogP contribution >= 0.6 is 0 Å². The number of carbonyl (C=O) groups excluding carboxylic acids is 1. The lowest BCUT2D eigenvalue weighted by atomic mass is 9.99. The van der Waals surface area contributed by atoms with E-state index in [-0.39, 0.29) is 18.5 Å². The Kier molecular flexibility index (Phi) is 6.68. The summed E-state index contributed by atoms with van der Waals surface area (Å²) in [7, 11) is 3.27. The first-order valence-corrected chi connectivity index (χ1v) is 5.95. The lowest BCUT2D eigenvalue weighted by molar-refractivity contribution is -0.137. The summed E-state index contributed by atoms with van der Waals surface area (Å²) in [5.74, 6) is -0.863. The molecule has 0 fully saturated rings. The molecule has 6 heteroatoms. The van der Waals surface area contributed by atoms with Gasteiger partial charge in [0.05, 0.1) is 12.6 Å². The van der Waals surface area contributed by atoms with E-state index in [4.69, 9.17) is 9.84 Å². The van der Waals surface area contributed by atoms with Crippen LogP contribution in [-0.2, 0) is 9.53 Å². The summed E-state index contributed by atoms with van der Waals surface area (Å²) in [5, 5.41) is 11.5. The van der Waals surface area contributed by atoms with Gasteiger partial charge in [-0.1, -0.05) is 0 Å². The van der Waals surface area contributed by atoms with E-state index in [9.17, 15) is 9.59 Å². The van der Waals surface area contributed by atoms with Gasteiger partial charge in [-0.15, -0.1) is 0 Å². The number of ether oxygens (including phenoxy) is 1. The highest BCUT2D eigenvalue weighted by molar-refractivity contribution is 5.75. The zero-order valence-electron chi connectivity index (χ0n) is 11.8. The van der Waals surface area contributed by atoms with Gasteiger partial charge in [0, 0.05) is 26.1 Å². The summed E-state index contributed by atoms with van der Waals surface area (Å²) in [6, 6.07) is -0.264. The van der Waals surface area contributed by atoms with Gasteiger partial charge in [-0.25, -0.2) is 4.79 Å². The Morgan fingerprint density at radius 3 is 2.44 bits per heavy atom. The molecule has 0 saturated heterocycles. The number of carboxylic acid groups (broad SMARTS) is 1. The van der Waals surface area contributed by atoms with Crippen LogP contribution in [0, 0.1) is 0 Å². The molecule has 1 atom stereocenters. The second-order valence-corrected chi connectivity index (χ2v) is 5.12. The Bertz CT molecular complexity index is 292. The van der Waals surface area contributed by atoms with E-state index in [0.717, 1.165) is 0 Å². The fraction of sp³-hybridized carbons (Fsp3) is 0.833. The molecule has 0 heterocycles. The molecular formula is C12H24N2O4. The van der Waals surface area contributed by atoms with Gasteiger partial charge in [-0.2, -0.15) is 0 Å². The number of likely N-dealkylation sites (N-methyl/N-ethyl adjacent to an activating group) is 1. The molecule has 0 aliphatic rings. The van der Waals surface area contributed by atoms with Crippen LogP contribution < -0.4 is 5.32 Å². The fourth-order valence-corrected chi connectivity index (χ4v) is 1.41. The molecule has 0 aromatic heterocycles. The number of nitrogens with one attached hydrogen (secondary N) is 1. The van der Waals surface area contributed by atoms with Crippen molar-refractivity contribution in [2.24, 2.45) is 0 Å². The number of hydrogen-bond acceptors (Lipinski definition) is 3. The smallest absolute Gasteiger partial charge is 0.317 e. The molecule has 0 aromatic carbocycles. The Morgan fingerprint density at radius 1 is 1.44 bits per heavy atom. The molecular weight excluding hydrogens is 236 g/mol. The Morgan fingerprint density at radius 2 is 2.00 bits per heavy atom. The monoisotopic (exact) mass is 260 g/mol. The number of urea groups is 1. The zero-order chi connectivity index (χ0) is 14.3. The first kappa shape index (κ1) is 16.7. The average Bonchev–Trinajstić information content (AvgIpc) is 2.25. The largest absolute Gasteiger partial charge is 0.481 e. The summed E-state index contributed by atoms with van der Waals surface area (Å²) in [4.78, 5) is 24.0. The van der Waals surface area contributed by atoms with Crippen molar-refractivity contribution in [1.29, 1.82) is 0 Å². The summed E-state index contributed by atoms with van der Waals surface area (Å²) < 4.78 is 4.98. The third-order valence-electron chi connectivity index (χ3n) is 2.80. The van der Waals surface area contributed by atoms with Crippen LogP contribution in [0.25, 0.3) is 0 Å². The van der Waals surface area contributed by atoms with Crippen LogP contribution in [0.15, 0.2) is 0 Å². The van der Waals surface area contributed by atoms with Crippen LogP contribution in [0.1, 0.15) is 33.6 Å². The van der Waals surface area contributed by atoms with Crippen LogP contribution in [0.3, 0.4) is 0 Å².